The summed E-state index contributed by atoms with van der Waals surface area (Å²) >= 11 is 0. The SMILES string of the molecule is CCc1cc(O)c(O)c(CC)c1N(C)CC. The molecule has 0 saturated carbocycles. The van der Waals surface area contributed by atoms with E-state index in [-0.39, 0.29) is 11.5 Å². The first-order valence-corrected chi connectivity index (χ1v) is 5.84. The van der Waals surface area contributed by atoms with Gasteiger partial charge in [0.05, 0.1) is 0 Å². The van der Waals surface area contributed by atoms with Gasteiger partial charge in [-0.1, -0.05) is 13.8 Å². The van der Waals surface area contributed by atoms with Crippen LogP contribution in [0.3, 0.4) is 0 Å². The van der Waals surface area contributed by atoms with Crippen molar-refractivity contribution in [1.29, 1.82) is 0 Å². The molecule has 0 bridgehead atoms. The standard InChI is InChI=1S/C13H21NO2/c1-5-9-8-11(15)13(16)10(6-2)12(9)14(4)7-3/h8,15-16H,5-7H2,1-4H3. The summed E-state index contributed by atoms with van der Waals surface area (Å²) in [4.78, 5) is 2.11. The Morgan fingerprint density at radius 3 is 2.19 bits per heavy atom. The molecule has 0 unspecified atom stereocenters. The van der Waals surface area contributed by atoms with Crippen LogP contribution in [0.4, 0.5) is 5.69 Å². The molecule has 0 aromatic heterocycles. The fourth-order valence-corrected chi connectivity index (χ4v) is 2.00. The molecular weight excluding hydrogens is 202 g/mol. The summed E-state index contributed by atoms with van der Waals surface area (Å²) in [5, 5.41) is 19.5. The number of benzene rings is 1. The highest BCUT2D eigenvalue weighted by atomic mass is 16.3. The second-order valence-electron chi connectivity index (χ2n) is 3.95. The van der Waals surface area contributed by atoms with Crippen molar-refractivity contribution in [3.8, 4) is 11.5 Å². The highest BCUT2D eigenvalue weighted by Crippen LogP contribution is 2.39. The van der Waals surface area contributed by atoms with Crippen LogP contribution in [0.1, 0.15) is 31.9 Å². The van der Waals surface area contributed by atoms with E-state index in [9.17, 15) is 10.2 Å². The highest BCUT2D eigenvalue weighted by Gasteiger charge is 2.17. The number of aromatic hydroxyl groups is 2. The summed E-state index contributed by atoms with van der Waals surface area (Å²) < 4.78 is 0. The number of rotatable bonds is 4. The second-order valence-corrected chi connectivity index (χ2v) is 3.95. The minimum Gasteiger partial charge on any atom is -0.504 e. The summed E-state index contributed by atoms with van der Waals surface area (Å²) in [6, 6.07) is 1.66. The van der Waals surface area contributed by atoms with Crippen LogP contribution < -0.4 is 4.90 Å². The maximum Gasteiger partial charge on any atom is 0.162 e. The maximum atomic E-state index is 9.87. The maximum absolute atomic E-state index is 9.87. The van der Waals surface area contributed by atoms with Crippen molar-refractivity contribution in [2.24, 2.45) is 0 Å². The first-order valence-electron chi connectivity index (χ1n) is 5.84. The predicted molar refractivity (Wildman–Crippen MR) is 67.5 cm³/mol. The van der Waals surface area contributed by atoms with Gasteiger partial charge in [0.25, 0.3) is 0 Å². The van der Waals surface area contributed by atoms with Crippen LogP contribution in [-0.4, -0.2) is 23.8 Å². The van der Waals surface area contributed by atoms with E-state index < -0.39 is 0 Å². The first-order chi connectivity index (χ1) is 7.56. The Kier molecular flexibility index (Phi) is 4.05. The zero-order valence-corrected chi connectivity index (χ0v) is 10.5. The Labute approximate surface area is 97.3 Å². The highest BCUT2D eigenvalue weighted by molar-refractivity contribution is 5.68. The van der Waals surface area contributed by atoms with Gasteiger partial charge >= 0.3 is 0 Å². The molecule has 0 aliphatic heterocycles. The third-order valence-corrected chi connectivity index (χ3v) is 3.02. The smallest absolute Gasteiger partial charge is 0.162 e. The van der Waals surface area contributed by atoms with Crippen LogP contribution in [0.5, 0.6) is 11.5 Å². The van der Waals surface area contributed by atoms with Gasteiger partial charge in [-0.25, -0.2) is 0 Å². The Hall–Kier alpha value is -1.38. The number of aryl methyl sites for hydroxylation is 1. The van der Waals surface area contributed by atoms with E-state index in [4.69, 9.17) is 0 Å². The van der Waals surface area contributed by atoms with Crippen molar-refractivity contribution < 1.29 is 10.2 Å². The van der Waals surface area contributed by atoms with Crippen molar-refractivity contribution in [2.75, 3.05) is 18.5 Å². The van der Waals surface area contributed by atoms with E-state index >= 15 is 0 Å². The largest absolute Gasteiger partial charge is 0.504 e. The third-order valence-electron chi connectivity index (χ3n) is 3.02. The zero-order valence-electron chi connectivity index (χ0n) is 10.5. The number of phenolic OH excluding ortho intramolecular Hbond substituents is 2. The lowest BCUT2D eigenvalue weighted by Crippen LogP contribution is -2.19. The molecule has 0 aliphatic carbocycles. The lowest BCUT2D eigenvalue weighted by Gasteiger charge is -2.24. The molecule has 16 heavy (non-hydrogen) atoms. The average Bonchev–Trinajstić information content (AvgIpc) is 2.30. The molecule has 2 N–H and O–H groups in total. The Morgan fingerprint density at radius 2 is 1.75 bits per heavy atom. The molecule has 3 heteroatoms. The average molecular weight is 223 g/mol. The van der Waals surface area contributed by atoms with E-state index in [0.717, 1.165) is 29.8 Å². The van der Waals surface area contributed by atoms with E-state index in [2.05, 4.69) is 18.7 Å². The minimum atomic E-state index is -0.0121. The summed E-state index contributed by atoms with van der Waals surface area (Å²) in [7, 11) is 2.00. The van der Waals surface area contributed by atoms with Gasteiger partial charge in [-0.2, -0.15) is 0 Å². The molecule has 0 amide bonds. The molecule has 90 valence electrons. The lowest BCUT2D eigenvalue weighted by atomic mass is 10.00. The molecule has 0 fully saturated rings. The number of hydrogen-bond acceptors (Lipinski definition) is 3. The second kappa shape index (κ2) is 5.10. The van der Waals surface area contributed by atoms with Crippen molar-refractivity contribution in [3.63, 3.8) is 0 Å². The van der Waals surface area contributed by atoms with Gasteiger partial charge in [0, 0.05) is 24.8 Å². The minimum absolute atomic E-state index is 0.0121. The molecule has 0 spiro atoms. The molecule has 1 aromatic carbocycles. The molecule has 1 rings (SSSR count). The van der Waals surface area contributed by atoms with Gasteiger partial charge in [-0.05, 0) is 31.4 Å². The van der Waals surface area contributed by atoms with Crippen LogP contribution in [0.25, 0.3) is 0 Å². The molecule has 0 saturated heterocycles. The van der Waals surface area contributed by atoms with Gasteiger partial charge < -0.3 is 15.1 Å². The Bertz CT molecular complexity index is 375. The van der Waals surface area contributed by atoms with Gasteiger partial charge in [-0.3, -0.25) is 0 Å². The van der Waals surface area contributed by atoms with Gasteiger partial charge in [-0.15, -0.1) is 0 Å². The van der Waals surface area contributed by atoms with Crippen LogP contribution in [0.15, 0.2) is 6.07 Å². The summed E-state index contributed by atoms with van der Waals surface area (Å²) in [5.74, 6) is 0.0111. The van der Waals surface area contributed by atoms with Crippen molar-refractivity contribution in [1.82, 2.24) is 0 Å². The number of phenols is 2. The van der Waals surface area contributed by atoms with Crippen molar-refractivity contribution >= 4 is 5.69 Å². The van der Waals surface area contributed by atoms with E-state index in [0.29, 0.717) is 6.42 Å². The fourth-order valence-electron chi connectivity index (χ4n) is 2.00. The monoisotopic (exact) mass is 223 g/mol. The quantitative estimate of drug-likeness (QED) is 0.771. The molecule has 1 aromatic rings. The topological polar surface area (TPSA) is 43.7 Å². The summed E-state index contributed by atoms with van der Waals surface area (Å²) in [5.41, 5.74) is 2.97. The third kappa shape index (κ3) is 2.08. The Morgan fingerprint density at radius 1 is 1.12 bits per heavy atom. The van der Waals surface area contributed by atoms with E-state index in [1.165, 1.54) is 0 Å². The number of nitrogens with zero attached hydrogens (tertiary/aromatic N) is 1. The molecule has 3 nitrogen and oxygen atoms in total. The summed E-state index contributed by atoms with van der Waals surface area (Å²) in [6.07, 6.45) is 1.56. The van der Waals surface area contributed by atoms with Crippen LogP contribution in [-0.2, 0) is 12.8 Å². The summed E-state index contributed by atoms with van der Waals surface area (Å²) in [6.45, 7) is 6.99. The van der Waals surface area contributed by atoms with Crippen LogP contribution in [0.2, 0.25) is 0 Å². The molecule has 0 atom stereocenters. The Balaban J connectivity index is 3.46. The molecule has 0 heterocycles. The van der Waals surface area contributed by atoms with Crippen molar-refractivity contribution in [3.05, 3.63) is 17.2 Å². The zero-order chi connectivity index (χ0) is 12.3. The molecule has 0 radical (unpaired) electrons. The van der Waals surface area contributed by atoms with Gasteiger partial charge in [0.2, 0.25) is 0 Å². The normalized spacial score (nSPS) is 10.5. The number of hydrogen-bond donors (Lipinski definition) is 2. The fraction of sp³-hybridized carbons (Fsp3) is 0.538. The van der Waals surface area contributed by atoms with E-state index in [1.54, 1.807) is 6.07 Å². The molecular formula is C13H21NO2. The lowest BCUT2D eigenvalue weighted by molar-refractivity contribution is 0.399. The van der Waals surface area contributed by atoms with Gasteiger partial charge in [0.1, 0.15) is 0 Å². The van der Waals surface area contributed by atoms with Gasteiger partial charge in [0.15, 0.2) is 11.5 Å². The van der Waals surface area contributed by atoms with Crippen LogP contribution in [0, 0.1) is 0 Å². The van der Waals surface area contributed by atoms with Crippen molar-refractivity contribution in [2.45, 2.75) is 33.6 Å². The molecule has 0 aliphatic rings. The van der Waals surface area contributed by atoms with E-state index in [1.807, 2.05) is 14.0 Å². The number of anilines is 1. The van der Waals surface area contributed by atoms with Crippen LogP contribution >= 0.6 is 0 Å². The first kappa shape index (κ1) is 12.7. The predicted octanol–water partition coefficient (Wildman–Crippen LogP) is 2.68.